The lowest BCUT2D eigenvalue weighted by Gasteiger charge is -2.24. The molecule has 1 unspecified atom stereocenters. The van der Waals surface area contributed by atoms with Crippen molar-refractivity contribution < 1.29 is 4.74 Å². The molecule has 3 N–H and O–H groups in total. The largest absolute Gasteiger partial charge is 0.496 e. The van der Waals surface area contributed by atoms with Crippen LogP contribution in [0.3, 0.4) is 0 Å². The summed E-state index contributed by atoms with van der Waals surface area (Å²) in [6, 6.07) is 8.24. The maximum atomic E-state index is 5.65. The van der Waals surface area contributed by atoms with Gasteiger partial charge in [-0.2, -0.15) is 0 Å². The van der Waals surface area contributed by atoms with E-state index in [0.717, 1.165) is 11.3 Å². The Morgan fingerprint density at radius 2 is 2.07 bits per heavy atom. The van der Waals surface area contributed by atoms with Gasteiger partial charge in [0.05, 0.1) is 13.2 Å². The van der Waals surface area contributed by atoms with E-state index in [1.54, 1.807) is 7.11 Å². The molecule has 3 heteroatoms. The van der Waals surface area contributed by atoms with Gasteiger partial charge >= 0.3 is 0 Å². The van der Waals surface area contributed by atoms with Crippen molar-refractivity contribution >= 4 is 0 Å². The van der Waals surface area contributed by atoms with Gasteiger partial charge in [-0.05, 0) is 24.3 Å². The molecule has 1 aromatic carbocycles. The molecule has 0 aliphatic heterocycles. The molecule has 3 nitrogen and oxygen atoms in total. The zero-order valence-electron chi connectivity index (χ0n) is 9.29. The number of nitrogens with one attached hydrogen (secondary N) is 1. The minimum atomic E-state index is 0.189. The van der Waals surface area contributed by atoms with E-state index in [9.17, 15) is 0 Å². The SMILES string of the molecule is COc1ccccc1C(NN)C1(C)CC1. The molecule has 1 atom stereocenters. The first kappa shape index (κ1) is 10.5. The molecular weight excluding hydrogens is 188 g/mol. The van der Waals surface area contributed by atoms with Crippen LogP contribution in [-0.2, 0) is 0 Å². The van der Waals surface area contributed by atoms with Crippen LogP contribution >= 0.6 is 0 Å². The van der Waals surface area contributed by atoms with Gasteiger partial charge in [0, 0.05) is 5.56 Å². The van der Waals surface area contributed by atoms with Gasteiger partial charge in [-0.3, -0.25) is 11.3 Å². The first-order valence-corrected chi connectivity index (χ1v) is 5.30. The third kappa shape index (κ3) is 1.85. The Morgan fingerprint density at radius 1 is 1.40 bits per heavy atom. The first-order chi connectivity index (χ1) is 7.21. The van der Waals surface area contributed by atoms with E-state index in [1.807, 2.05) is 18.2 Å². The highest BCUT2D eigenvalue weighted by Crippen LogP contribution is 2.55. The molecule has 1 aliphatic carbocycles. The van der Waals surface area contributed by atoms with Gasteiger partial charge in [0.1, 0.15) is 5.75 Å². The van der Waals surface area contributed by atoms with Crippen LogP contribution in [0.2, 0.25) is 0 Å². The molecule has 0 heterocycles. The van der Waals surface area contributed by atoms with Crippen molar-refractivity contribution in [2.24, 2.45) is 11.3 Å². The highest BCUT2D eigenvalue weighted by molar-refractivity contribution is 5.37. The molecular formula is C12H18N2O. The standard InChI is InChI=1S/C12H18N2O/c1-12(7-8-12)11(14-13)9-5-3-4-6-10(9)15-2/h3-6,11,14H,7-8,13H2,1-2H3. The second-order valence-electron chi connectivity index (χ2n) is 4.50. The molecule has 2 rings (SSSR count). The predicted molar refractivity (Wildman–Crippen MR) is 60.4 cm³/mol. The smallest absolute Gasteiger partial charge is 0.123 e. The average molecular weight is 206 g/mol. The summed E-state index contributed by atoms with van der Waals surface area (Å²) in [7, 11) is 1.70. The van der Waals surface area contributed by atoms with E-state index in [0.29, 0.717) is 5.41 Å². The molecule has 0 saturated heterocycles. The second-order valence-corrected chi connectivity index (χ2v) is 4.50. The van der Waals surface area contributed by atoms with E-state index in [4.69, 9.17) is 10.6 Å². The summed E-state index contributed by atoms with van der Waals surface area (Å²) in [5.74, 6) is 6.56. The molecule has 1 saturated carbocycles. The highest BCUT2D eigenvalue weighted by atomic mass is 16.5. The van der Waals surface area contributed by atoms with Crippen molar-refractivity contribution in [2.45, 2.75) is 25.8 Å². The summed E-state index contributed by atoms with van der Waals surface area (Å²) in [5.41, 5.74) is 4.37. The highest BCUT2D eigenvalue weighted by Gasteiger charge is 2.45. The Labute approximate surface area is 90.6 Å². The van der Waals surface area contributed by atoms with Crippen LogP contribution in [0.4, 0.5) is 0 Å². The lowest BCUT2D eigenvalue weighted by Crippen LogP contribution is -2.33. The number of benzene rings is 1. The molecule has 15 heavy (non-hydrogen) atoms. The van der Waals surface area contributed by atoms with Crippen LogP contribution in [0.25, 0.3) is 0 Å². The van der Waals surface area contributed by atoms with Crippen LogP contribution in [-0.4, -0.2) is 7.11 Å². The Bertz CT molecular complexity index is 347. The minimum Gasteiger partial charge on any atom is -0.496 e. The van der Waals surface area contributed by atoms with Gasteiger partial charge in [-0.1, -0.05) is 25.1 Å². The zero-order valence-corrected chi connectivity index (χ0v) is 9.29. The van der Waals surface area contributed by atoms with Crippen LogP contribution in [0.15, 0.2) is 24.3 Å². The summed E-state index contributed by atoms with van der Waals surface area (Å²) < 4.78 is 5.36. The number of nitrogens with two attached hydrogens (primary N) is 1. The monoisotopic (exact) mass is 206 g/mol. The van der Waals surface area contributed by atoms with Crippen LogP contribution in [0.1, 0.15) is 31.4 Å². The van der Waals surface area contributed by atoms with E-state index in [2.05, 4.69) is 18.4 Å². The number of hydrogen-bond donors (Lipinski definition) is 2. The average Bonchev–Trinajstić information content (AvgIpc) is 2.99. The van der Waals surface area contributed by atoms with Crippen molar-refractivity contribution in [1.29, 1.82) is 0 Å². The molecule has 0 bridgehead atoms. The first-order valence-electron chi connectivity index (χ1n) is 5.30. The number of para-hydroxylation sites is 1. The van der Waals surface area contributed by atoms with Crippen molar-refractivity contribution in [3.63, 3.8) is 0 Å². The van der Waals surface area contributed by atoms with Gasteiger partial charge in [-0.25, -0.2) is 0 Å². The minimum absolute atomic E-state index is 0.189. The number of ether oxygens (including phenoxy) is 1. The van der Waals surface area contributed by atoms with Gasteiger partial charge in [0.2, 0.25) is 0 Å². The molecule has 0 spiro atoms. The molecule has 1 aliphatic rings. The molecule has 1 aromatic rings. The number of methoxy groups -OCH3 is 1. The third-order valence-corrected chi connectivity index (χ3v) is 3.35. The van der Waals surface area contributed by atoms with Crippen molar-refractivity contribution in [2.75, 3.05) is 7.11 Å². The predicted octanol–water partition coefficient (Wildman–Crippen LogP) is 2.00. The number of hydrogen-bond acceptors (Lipinski definition) is 3. The Hall–Kier alpha value is -1.06. The summed E-state index contributed by atoms with van der Waals surface area (Å²) in [6.07, 6.45) is 2.44. The third-order valence-electron chi connectivity index (χ3n) is 3.35. The second kappa shape index (κ2) is 3.83. The van der Waals surface area contributed by atoms with E-state index >= 15 is 0 Å². The van der Waals surface area contributed by atoms with E-state index < -0.39 is 0 Å². The van der Waals surface area contributed by atoms with Crippen molar-refractivity contribution in [3.05, 3.63) is 29.8 Å². The topological polar surface area (TPSA) is 47.3 Å². The zero-order chi connectivity index (χ0) is 10.9. The Morgan fingerprint density at radius 3 is 2.60 bits per heavy atom. The fraction of sp³-hybridized carbons (Fsp3) is 0.500. The fourth-order valence-electron chi connectivity index (χ4n) is 2.06. The van der Waals surface area contributed by atoms with Crippen molar-refractivity contribution in [1.82, 2.24) is 5.43 Å². The lowest BCUT2D eigenvalue weighted by atomic mass is 9.92. The van der Waals surface area contributed by atoms with Gasteiger partial charge < -0.3 is 4.74 Å². The van der Waals surface area contributed by atoms with Crippen molar-refractivity contribution in [3.8, 4) is 5.75 Å². The van der Waals surface area contributed by atoms with Gasteiger partial charge in [-0.15, -0.1) is 0 Å². The van der Waals surface area contributed by atoms with Crippen LogP contribution in [0, 0.1) is 5.41 Å². The quantitative estimate of drug-likeness (QED) is 0.585. The Balaban J connectivity index is 2.33. The maximum Gasteiger partial charge on any atom is 0.123 e. The molecule has 0 aromatic heterocycles. The summed E-state index contributed by atoms with van der Waals surface area (Å²) in [6.45, 7) is 2.25. The number of rotatable bonds is 4. The van der Waals surface area contributed by atoms with E-state index in [1.165, 1.54) is 12.8 Å². The summed E-state index contributed by atoms with van der Waals surface area (Å²) in [4.78, 5) is 0. The van der Waals surface area contributed by atoms with E-state index in [-0.39, 0.29) is 6.04 Å². The molecule has 82 valence electrons. The normalized spacial score (nSPS) is 19.7. The van der Waals surface area contributed by atoms with Crippen LogP contribution < -0.4 is 16.0 Å². The maximum absolute atomic E-state index is 5.65. The Kier molecular flexibility index (Phi) is 2.67. The molecule has 0 radical (unpaired) electrons. The number of hydrazine groups is 1. The van der Waals surface area contributed by atoms with Gasteiger partial charge in [0.25, 0.3) is 0 Å². The van der Waals surface area contributed by atoms with Crippen LogP contribution in [0.5, 0.6) is 5.75 Å². The summed E-state index contributed by atoms with van der Waals surface area (Å²) in [5, 5.41) is 0. The fourth-order valence-corrected chi connectivity index (χ4v) is 2.06. The van der Waals surface area contributed by atoms with Gasteiger partial charge in [0.15, 0.2) is 0 Å². The lowest BCUT2D eigenvalue weighted by molar-refractivity contribution is 0.346. The molecule has 1 fully saturated rings. The molecule has 0 amide bonds. The summed E-state index contributed by atoms with van der Waals surface area (Å²) >= 11 is 0.